The fraction of sp³-hybridized carbons (Fsp3) is 0.481. The molecule has 0 radical (unpaired) electrons. The predicted molar refractivity (Wildman–Crippen MR) is 127 cm³/mol. The molecule has 5 nitrogen and oxygen atoms in total. The minimum atomic E-state index is -0.149. The minimum absolute atomic E-state index is 0.149. The highest BCUT2D eigenvalue weighted by Crippen LogP contribution is 2.36. The molecule has 2 aliphatic heterocycles. The van der Waals surface area contributed by atoms with E-state index in [0.717, 1.165) is 51.1 Å². The Hall–Kier alpha value is -2.66. The van der Waals surface area contributed by atoms with Crippen LogP contribution >= 0.6 is 0 Å². The number of nitrogens with zero attached hydrogens (tertiary/aromatic N) is 2. The summed E-state index contributed by atoms with van der Waals surface area (Å²) in [5.41, 5.74) is 3.73. The molecule has 5 heteroatoms. The number of likely N-dealkylation sites (tertiary alicyclic amines) is 1. The van der Waals surface area contributed by atoms with Crippen LogP contribution in [0.4, 0.5) is 0 Å². The molecule has 32 heavy (non-hydrogen) atoms. The second-order valence-electron chi connectivity index (χ2n) is 9.29. The van der Waals surface area contributed by atoms with Crippen LogP contribution in [0.2, 0.25) is 0 Å². The number of amides is 2. The van der Waals surface area contributed by atoms with Gasteiger partial charge in [0.1, 0.15) is 5.75 Å². The number of carbonyl (C=O) groups is 2. The molecule has 0 atom stereocenters. The molecule has 170 valence electrons. The van der Waals surface area contributed by atoms with E-state index in [-0.39, 0.29) is 11.8 Å². The molecule has 1 fully saturated rings. The molecule has 2 aliphatic rings. The van der Waals surface area contributed by atoms with Crippen molar-refractivity contribution in [2.45, 2.75) is 51.4 Å². The van der Waals surface area contributed by atoms with Gasteiger partial charge >= 0.3 is 0 Å². The topological polar surface area (TPSA) is 49.9 Å². The van der Waals surface area contributed by atoms with Gasteiger partial charge in [0.2, 0.25) is 0 Å². The van der Waals surface area contributed by atoms with Crippen molar-refractivity contribution in [3.05, 3.63) is 64.7 Å². The zero-order valence-corrected chi connectivity index (χ0v) is 19.5. The van der Waals surface area contributed by atoms with Gasteiger partial charge in [-0.1, -0.05) is 38.1 Å². The van der Waals surface area contributed by atoms with Gasteiger partial charge in [0.25, 0.3) is 11.8 Å². The van der Waals surface area contributed by atoms with Crippen LogP contribution in [-0.4, -0.2) is 54.9 Å². The number of carbonyl (C=O) groups excluding carboxylic acids is 2. The van der Waals surface area contributed by atoms with Crippen molar-refractivity contribution in [3.8, 4) is 5.75 Å². The molecule has 0 bridgehead atoms. The van der Waals surface area contributed by atoms with Crippen molar-refractivity contribution in [1.29, 1.82) is 0 Å². The third-order valence-corrected chi connectivity index (χ3v) is 6.94. The molecule has 0 spiro atoms. The van der Waals surface area contributed by atoms with Crippen LogP contribution in [0, 0.1) is 0 Å². The van der Waals surface area contributed by atoms with Gasteiger partial charge in [0.05, 0.1) is 18.2 Å². The van der Waals surface area contributed by atoms with Crippen LogP contribution in [0.1, 0.15) is 83.2 Å². The number of ether oxygens (including phenoxy) is 1. The van der Waals surface area contributed by atoms with Gasteiger partial charge in [0, 0.05) is 6.54 Å². The van der Waals surface area contributed by atoms with Gasteiger partial charge in [-0.2, -0.15) is 0 Å². The van der Waals surface area contributed by atoms with E-state index in [4.69, 9.17) is 4.74 Å². The van der Waals surface area contributed by atoms with Gasteiger partial charge in [-0.15, -0.1) is 0 Å². The quantitative estimate of drug-likeness (QED) is 0.430. The zero-order chi connectivity index (χ0) is 22.7. The lowest BCUT2D eigenvalue weighted by Crippen LogP contribution is -2.35. The maximum atomic E-state index is 12.5. The lowest BCUT2D eigenvalue weighted by Gasteiger charge is -2.33. The molecular weight excluding hydrogens is 400 g/mol. The number of hydrogen-bond acceptors (Lipinski definition) is 4. The van der Waals surface area contributed by atoms with E-state index in [0.29, 0.717) is 29.5 Å². The molecular formula is C27H34N2O3. The Morgan fingerprint density at radius 1 is 0.938 bits per heavy atom. The summed E-state index contributed by atoms with van der Waals surface area (Å²) in [6.45, 7) is 8.09. The summed E-state index contributed by atoms with van der Waals surface area (Å²) in [6, 6.07) is 13.8. The third-order valence-electron chi connectivity index (χ3n) is 6.94. The maximum absolute atomic E-state index is 12.5. The monoisotopic (exact) mass is 434 g/mol. The summed E-state index contributed by atoms with van der Waals surface area (Å²) in [5, 5.41) is 0. The highest BCUT2D eigenvalue weighted by Gasteiger charge is 2.34. The first kappa shape index (κ1) is 22.5. The number of imide groups is 1. The zero-order valence-electron chi connectivity index (χ0n) is 19.5. The summed E-state index contributed by atoms with van der Waals surface area (Å²) < 4.78 is 5.71. The van der Waals surface area contributed by atoms with Gasteiger partial charge in [0.15, 0.2) is 0 Å². The van der Waals surface area contributed by atoms with E-state index in [1.54, 1.807) is 19.2 Å². The maximum Gasteiger partial charge on any atom is 0.261 e. The lowest BCUT2D eigenvalue weighted by atomic mass is 9.87. The number of benzene rings is 2. The molecule has 2 aromatic carbocycles. The standard InChI is InChI=1S/C27H34N2O3/c1-19(2)21-10-11-22(25(18-21)32-3)20-12-16-28(17-13-20)14-6-7-15-29-26(30)23-8-4-5-9-24(23)27(29)31/h4-5,8-11,18-20H,6-7,12-17H2,1-3H3. The second kappa shape index (κ2) is 9.86. The largest absolute Gasteiger partial charge is 0.496 e. The van der Waals surface area contributed by atoms with E-state index < -0.39 is 0 Å². The normalized spacial score (nSPS) is 17.3. The van der Waals surface area contributed by atoms with E-state index in [9.17, 15) is 9.59 Å². The van der Waals surface area contributed by atoms with Crippen LogP contribution in [0.15, 0.2) is 42.5 Å². The Balaban J connectivity index is 1.23. The van der Waals surface area contributed by atoms with Crippen molar-refractivity contribution in [2.75, 3.05) is 33.3 Å². The number of rotatable bonds is 8. The fourth-order valence-electron chi connectivity index (χ4n) is 4.94. The Morgan fingerprint density at radius 3 is 2.16 bits per heavy atom. The molecule has 0 saturated carbocycles. The first-order valence-corrected chi connectivity index (χ1v) is 11.8. The molecule has 2 heterocycles. The Bertz CT molecular complexity index is 942. The van der Waals surface area contributed by atoms with Crippen LogP contribution in [0.25, 0.3) is 0 Å². The molecule has 4 rings (SSSR count). The van der Waals surface area contributed by atoms with Crippen LogP contribution in [-0.2, 0) is 0 Å². The van der Waals surface area contributed by atoms with E-state index in [2.05, 4.69) is 36.9 Å². The predicted octanol–water partition coefficient (Wildman–Crippen LogP) is 5.07. The summed E-state index contributed by atoms with van der Waals surface area (Å²) in [4.78, 5) is 28.9. The van der Waals surface area contributed by atoms with Crippen molar-refractivity contribution >= 4 is 11.8 Å². The van der Waals surface area contributed by atoms with Crippen LogP contribution < -0.4 is 4.74 Å². The number of methoxy groups -OCH3 is 1. The van der Waals surface area contributed by atoms with Crippen molar-refractivity contribution in [2.24, 2.45) is 0 Å². The smallest absolute Gasteiger partial charge is 0.261 e. The van der Waals surface area contributed by atoms with Gasteiger partial charge in [-0.3, -0.25) is 14.5 Å². The molecule has 1 saturated heterocycles. The SMILES string of the molecule is COc1cc(C(C)C)ccc1C1CCN(CCCCN2C(=O)c3ccccc3C2=O)CC1. The summed E-state index contributed by atoms with van der Waals surface area (Å²) in [5.74, 6) is 1.77. The molecule has 2 aromatic rings. The van der Waals surface area contributed by atoms with Crippen LogP contribution in [0.3, 0.4) is 0 Å². The van der Waals surface area contributed by atoms with Gasteiger partial charge in [-0.25, -0.2) is 0 Å². The number of hydrogen-bond donors (Lipinski definition) is 0. The fourth-order valence-corrected chi connectivity index (χ4v) is 4.94. The highest BCUT2D eigenvalue weighted by molar-refractivity contribution is 6.21. The van der Waals surface area contributed by atoms with Crippen molar-refractivity contribution in [3.63, 3.8) is 0 Å². The summed E-state index contributed by atoms with van der Waals surface area (Å²) >= 11 is 0. The van der Waals surface area contributed by atoms with E-state index >= 15 is 0 Å². The molecule has 0 N–H and O–H groups in total. The summed E-state index contributed by atoms with van der Waals surface area (Å²) in [7, 11) is 1.77. The number of fused-ring (bicyclic) bond motifs is 1. The van der Waals surface area contributed by atoms with Crippen molar-refractivity contribution in [1.82, 2.24) is 9.80 Å². The highest BCUT2D eigenvalue weighted by atomic mass is 16.5. The minimum Gasteiger partial charge on any atom is -0.496 e. The first-order chi connectivity index (χ1) is 15.5. The lowest BCUT2D eigenvalue weighted by molar-refractivity contribution is 0.0649. The summed E-state index contributed by atoms with van der Waals surface area (Å²) in [6.07, 6.45) is 4.10. The average molecular weight is 435 g/mol. The Morgan fingerprint density at radius 2 is 1.56 bits per heavy atom. The molecule has 0 unspecified atom stereocenters. The van der Waals surface area contributed by atoms with E-state index in [1.165, 1.54) is 16.0 Å². The molecule has 2 amide bonds. The molecule has 0 aliphatic carbocycles. The number of piperidine rings is 1. The average Bonchev–Trinajstić information content (AvgIpc) is 3.06. The first-order valence-electron chi connectivity index (χ1n) is 11.8. The Labute approximate surface area is 191 Å². The van der Waals surface area contributed by atoms with Crippen molar-refractivity contribution < 1.29 is 14.3 Å². The Kier molecular flexibility index (Phi) is 6.95. The van der Waals surface area contributed by atoms with Crippen LogP contribution in [0.5, 0.6) is 5.75 Å². The van der Waals surface area contributed by atoms with Gasteiger partial charge in [-0.05, 0) is 86.5 Å². The van der Waals surface area contributed by atoms with Gasteiger partial charge < -0.3 is 9.64 Å². The third kappa shape index (κ3) is 4.58. The number of unbranched alkanes of at least 4 members (excludes halogenated alkanes) is 1. The second-order valence-corrected chi connectivity index (χ2v) is 9.29. The van der Waals surface area contributed by atoms with E-state index in [1.807, 2.05) is 12.1 Å². The molecule has 0 aromatic heterocycles.